The van der Waals surface area contributed by atoms with Gasteiger partial charge in [-0.1, -0.05) is 6.92 Å². The van der Waals surface area contributed by atoms with Crippen molar-refractivity contribution in [1.82, 2.24) is 10.2 Å². The maximum Gasteiger partial charge on any atom is 0.289 e. The normalized spacial score (nSPS) is 14.5. The van der Waals surface area contributed by atoms with Crippen molar-refractivity contribution in [2.75, 3.05) is 26.3 Å². The van der Waals surface area contributed by atoms with Crippen molar-refractivity contribution in [2.24, 2.45) is 0 Å². The van der Waals surface area contributed by atoms with Crippen LogP contribution >= 0.6 is 0 Å². The molecule has 0 saturated carbocycles. The molecule has 1 saturated heterocycles. The number of hydrogen-bond acceptors (Lipinski definition) is 5. The van der Waals surface area contributed by atoms with E-state index in [2.05, 4.69) is 5.32 Å². The molecular formula is C22H28N2O5. The van der Waals surface area contributed by atoms with Gasteiger partial charge < -0.3 is 24.1 Å². The van der Waals surface area contributed by atoms with Crippen LogP contribution in [0.2, 0.25) is 0 Å². The zero-order chi connectivity index (χ0) is 20.6. The molecule has 29 heavy (non-hydrogen) atoms. The molecule has 7 nitrogen and oxygen atoms in total. The van der Waals surface area contributed by atoms with Gasteiger partial charge in [-0.05, 0) is 56.5 Å². The number of rotatable bonds is 8. The molecule has 0 radical (unpaired) electrons. The third-order valence-corrected chi connectivity index (χ3v) is 4.82. The maximum absolute atomic E-state index is 12.7. The Kier molecular flexibility index (Phi) is 7.16. The van der Waals surface area contributed by atoms with E-state index < -0.39 is 0 Å². The lowest BCUT2D eigenvalue weighted by Gasteiger charge is -2.31. The third-order valence-electron chi connectivity index (χ3n) is 4.82. The highest BCUT2D eigenvalue weighted by atomic mass is 16.5. The minimum Gasteiger partial charge on any atom is -0.490 e. The second-order valence-electron chi connectivity index (χ2n) is 6.96. The van der Waals surface area contributed by atoms with Crippen LogP contribution < -0.4 is 14.8 Å². The molecule has 156 valence electrons. The van der Waals surface area contributed by atoms with Crippen LogP contribution in [-0.4, -0.2) is 49.1 Å². The lowest BCUT2D eigenvalue weighted by Crippen LogP contribution is -2.46. The van der Waals surface area contributed by atoms with Crippen LogP contribution in [-0.2, 0) is 0 Å². The highest BCUT2D eigenvalue weighted by molar-refractivity contribution is 5.95. The topological polar surface area (TPSA) is 81.0 Å². The Morgan fingerprint density at radius 2 is 1.93 bits per heavy atom. The molecule has 2 aromatic rings. The zero-order valence-corrected chi connectivity index (χ0v) is 17.0. The molecule has 0 aliphatic carbocycles. The summed E-state index contributed by atoms with van der Waals surface area (Å²) >= 11 is 0. The predicted octanol–water partition coefficient (Wildman–Crippen LogP) is 3.50. The van der Waals surface area contributed by atoms with Gasteiger partial charge in [-0.25, -0.2) is 0 Å². The molecule has 1 aliphatic rings. The molecule has 0 bridgehead atoms. The summed E-state index contributed by atoms with van der Waals surface area (Å²) in [5, 5.41) is 3.06. The maximum atomic E-state index is 12.7. The van der Waals surface area contributed by atoms with Crippen LogP contribution in [0, 0.1) is 0 Å². The van der Waals surface area contributed by atoms with Crippen LogP contribution in [0.5, 0.6) is 11.5 Å². The fourth-order valence-corrected chi connectivity index (χ4v) is 3.30. The Labute approximate surface area is 171 Å². The molecule has 0 spiro atoms. The van der Waals surface area contributed by atoms with E-state index in [4.69, 9.17) is 13.9 Å². The molecule has 1 aromatic heterocycles. The van der Waals surface area contributed by atoms with Crippen molar-refractivity contribution in [1.29, 1.82) is 0 Å². The van der Waals surface area contributed by atoms with Gasteiger partial charge in [0.2, 0.25) is 0 Å². The van der Waals surface area contributed by atoms with Crippen molar-refractivity contribution in [3.05, 3.63) is 47.9 Å². The lowest BCUT2D eigenvalue weighted by atomic mass is 10.0. The highest BCUT2D eigenvalue weighted by Gasteiger charge is 2.26. The van der Waals surface area contributed by atoms with Crippen molar-refractivity contribution < 1.29 is 23.5 Å². The third kappa shape index (κ3) is 5.31. The number of amides is 2. The quantitative estimate of drug-likeness (QED) is 0.733. The van der Waals surface area contributed by atoms with Crippen molar-refractivity contribution >= 4 is 11.8 Å². The average molecular weight is 400 g/mol. The van der Waals surface area contributed by atoms with Crippen molar-refractivity contribution in [3.63, 3.8) is 0 Å². The number of carbonyl (C=O) groups is 2. The first kappa shape index (κ1) is 20.8. The van der Waals surface area contributed by atoms with Gasteiger partial charge in [0.1, 0.15) is 0 Å². The number of piperidine rings is 1. The summed E-state index contributed by atoms with van der Waals surface area (Å²) in [6.45, 7) is 6.19. The number of nitrogens with one attached hydrogen (secondary N) is 1. The number of carbonyl (C=O) groups excluding carboxylic acids is 2. The van der Waals surface area contributed by atoms with E-state index in [9.17, 15) is 9.59 Å². The van der Waals surface area contributed by atoms with E-state index in [1.807, 2.05) is 13.8 Å². The summed E-state index contributed by atoms with van der Waals surface area (Å²) in [5.41, 5.74) is 0.534. The van der Waals surface area contributed by atoms with Crippen LogP contribution in [0.3, 0.4) is 0 Å². The minimum atomic E-state index is -0.149. The number of benzene rings is 1. The number of ether oxygens (including phenoxy) is 2. The van der Waals surface area contributed by atoms with Crippen LogP contribution in [0.1, 0.15) is 54.0 Å². The van der Waals surface area contributed by atoms with Gasteiger partial charge in [0.05, 0.1) is 19.5 Å². The van der Waals surface area contributed by atoms with E-state index in [0.29, 0.717) is 62.0 Å². The zero-order valence-electron chi connectivity index (χ0n) is 17.0. The predicted molar refractivity (Wildman–Crippen MR) is 108 cm³/mol. The summed E-state index contributed by atoms with van der Waals surface area (Å²) in [5.74, 6) is 1.32. The molecule has 1 fully saturated rings. The monoisotopic (exact) mass is 400 g/mol. The Bertz CT molecular complexity index is 811. The van der Waals surface area contributed by atoms with Crippen LogP contribution in [0.4, 0.5) is 0 Å². The largest absolute Gasteiger partial charge is 0.490 e. The first-order valence-corrected chi connectivity index (χ1v) is 10.2. The van der Waals surface area contributed by atoms with E-state index in [0.717, 1.165) is 6.42 Å². The molecule has 1 aromatic carbocycles. The summed E-state index contributed by atoms with van der Waals surface area (Å²) in [7, 11) is 0. The molecular weight excluding hydrogens is 372 g/mol. The van der Waals surface area contributed by atoms with E-state index in [1.54, 1.807) is 35.2 Å². The van der Waals surface area contributed by atoms with Gasteiger partial charge in [-0.3, -0.25) is 9.59 Å². The van der Waals surface area contributed by atoms with E-state index in [1.165, 1.54) is 6.26 Å². The number of furan rings is 1. The van der Waals surface area contributed by atoms with Gasteiger partial charge >= 0.3 is 0 Å². The van der Waals surface area contributed by atoms with Crippen molar-refractivity contribution in [3.8, 4) is 11.5 Å². The fraction of sp³-hybridized carbons (Fsp3) is 0.455. The highest BCUT2D eigenvalue weighted by Crippen LogP contribution is 2.29. The van der Waals surface area contributed by atoms with Crippen LogP contribution in [0.15, 0.2) is 41.0 Å². The van der Waals surface area contributed by atoms with Gasteiger partial charge in [0, 0.05) is 24.7 Å². The second kappa shape index (κ2) is 10.0. The van der Waals surface area contributed by atoms with Crippen LogP contribution in [0.25, 0.3) is 0 Å². The summed E-state index contributed by atoms with van der Waals surface area (Å²) in [4.78, 5) is 26.8. The van der Waals surface area contributed by atoms with Gasteiger partial charge in [0.25, 0.3) is 11.8 Å². The van der Waals surface area contributed by atoms with Gasteiger partial charge in [-0.15, -0.1) is 0 Å². The summed E-state index contributed by atoms with van der Waals surface area (Å²) in [6, 6.07) is 8.64. The number of nitrogens with zero attached hydrogens (tertiary/aromatic N) is 1. The Morgan fingerprint density at radius 3 is 2.59 bits per heavy atom. The first-order valence-electron chi connectivity index (χ1n) is 10.2. The molecule has 1 aliphatic heterocycles. The Morgan fingerprint density at radius 1 is 1.14 bits per heavy atom. The SMILES string of the molecule is CCCOc1ccc(C(=O)NC2CCN(C(=O)c3ccco3)CC2)cc1OCC. The number of likely N-dealkylation sites (tertiary alicyclic amines) is 1. The lowest BCUT2D eigenvalue weighted by molar-refractivity contribution is 0.0667. The van der Waals surface area contributed by atoms with Crippen molar-refractivity contribution in [2.45, 2.75) is 39.2 Å². The van der Waals surface area contributed by atoms with Gasteiger partial charge in [-0.2, -0.15) is 0 Å². The summed E-state index contributed by atoms with van der Waals surface area (Å²) in [6.07, 6.45) is 3.80. The standard InChI is InChI=1S/C22H28N2O5/c1-3-13-28-18-8-7-16(15-20(18)27-4-2)21(25)23-17-9-11-24(12-10-17)22(26)19-6-5-14-29-19/h5-8,14-15,17H,3-4,9-13H2,1-2H3,(H,23,25). The smallest absolute Gasteiger partial charge is 0.289 e. The van der Waals surface area contributed by atoms with Gasteiger partial charge in [0.15, 0.2) is 17.3 Å². The molecule has 2 heterocycles. The molecule has 2 amide bonds. The van der Waals surface area contributed by atoms with E-state index >= 15 is 0 Å². The number of hydrogen-bond donors (Lipinski definition) is 1. The second-order valence-corrected chi connectivity index (χ2v) is 6.96. The first-order chi connectivity index (χ1) is 14.1. The molecule has 1 N–H and O–H groups in total. The van der Waals surface area contributed by atoms with E-state index in [-0.39, 0.29) is 17.9 Å². The molecule has 0 unspecified atom stereocenters. The summed E-state index contributed by atoms with van der Waals surface area (Å²) < 4.78 is 16.5. The minimum absolute atomic E-state index is 0.0229. The molecule has 3 rings (SSSR count). The Hall–Kier alpha value is -2.96. The average Bonchev–Trinajstić information content (AvgIpc) is 3.28. The molecule has 7 heteroatoms. The fourth-order valence-electron chi connectivity index (χ4n) is 3.30. The Balaban J connectivity index is 1.56. The molecule has 0 atom stereocenters.